The van der Waals surface area contributed by atoms with Crippen LogP contribution < -0.4 is 0 Å². The second-order valence-corrected chi connectivity index (χ2v) is 5.19. The van der Waals surface area contributed by atoms with E-state index in [4.69, 9.17) is 9.47 Å². The summed E-state index contributed by atoms with van der Waals surface area (Å²) in [4.78, 5) is 13.7. The molecule has 0 N–H and O–H groups in total. The van der Waals surface area contributed by atoms with Crippen LogP contribution in [0.1, 0.15) is 5.56 Å². The molecule has 0 aliphatic carbocycles. The Balaban J connectivity index is 2.10. The van der Waals surface area contributed by atoms with E-state index in [0.29, 0.717) is 30.8 Å². The molecule has 1 aromatic rings. The van der Waals surface area contributed by atoms with E-state index in [1.807, 2.05) is 4.90 Å². The van der Waals surface area contributed by atoms with Gasteiger partial charge >= 0.3 is 5.97 Å². The first-order valence-electron chi connectivity index (χ1n) is 5.95. The van der Waals surface area contributed by atoms with E-state index in [2.05, 4.69) is 15.9 Å². The van der Waals surface area contributed by atoms with Crippen LogP contribution in [-0.4, -0.2) is 43.8 Å². The third kappa shape index (κ3) is 3.52. The van der Waals surface area contributed by atoms with Crippen LogP contribution in [-0.2, 0) is 20.8 Å². The van der Waals surface area contributed by atoms with Crippen molar-refractivity contribution in [3.8, 4) is 0 Å². The summed E-state index contributed by atoms with van der Waals surface area (Å²) in [5.41, 5.74) is 0.934. The monoisotopic (exact) mass is 331 g/mol. The van der Waals surface area contributed by atoms with Gasteiger partial charge in [0, 0.05) is 13.1 Å². The maximum Gasteiger partial charge on any atom is 0.325 e. The minimum Gasteiger partial charge on any atom is -0.468 e. The van der Waals surface area contributed by atoms with Crippen molar-refractivity contribution in [1.82, 2.24) is 4.90 Å². The van der Waals surface area contributed by atoms with Crippen LogP contribution in [0, 0.1) is 5.82 Å². The van der Waals surface area contributed by atoms with Crippen LogP contribution in [0.25, 0.3) is 0 Å². The molecule has 6 heteroatoms. The molecule has 0 amide bonds. The van der Waals surface area contributed by atoms with Gasteiger partial charge in [0.15, 0.2) is 0 Å². The second-order valence-electron chi connectivity index (χ2n) is 4.33. The molecule has 1 aliphatic rings. The Morgan fingerprint density at radius 2 is 2.42 bits per heavy atom. The van der Waals surface area contributed by atoms with E-state index in [1.165, 1.54) is 13.2 Å². The number of hydrogen-bond donors (Lipinski definition) is 0. The Kier molecular flexibility index (Phi) is 4.90. The number of methoxy groups -OCH3 is 1. The molecule has 19 heavy (non-hydrogen) atoms. The van der Waals surface area contributed by atoms with Gasteiger partial charge < -0.3 is 9.47 Å². The lowest BCUT2D eigenvalue weighted by molar-refractivity contribution is -0.153. The van der Waals surface area contributed by atoms with Crippen LogP contribution in [0.5, 0.6) is 0 Å². The summed E-state index contributed by atoms with van der Waals surface area (Å²) in [5, 5.41) is 0. The summed E-state index contributed by atoms with van der Waals surface area (Å²) in [6, 6.07) is 4.44. The van der Waals surface area contributed by atoms with Gasteiger partial charge in [-0.25, -0.2) is 4.39 Å². The van der Waals surface area contributed by atoms with Crippen molar-refractivity contribution in [2.45, 2.75) is 12.6 Å². The summed E-state index contributed by atoms with van der Waals surface area (Å²) in [6.07, 6.45) is 0. The van der Waals surface area contributed by atoms with Crippen LogP contribution in [0.3, 0.4) is 0 Å². The van der Waals surface area contributed by atoms with Crippen molar-refractivity contribution in [3.63, 3.8) is 0 Å². The molecular weight excluding hydrogens is 317 g/mol. The first kappa shape index (κ1) is 14.4. The fourth-order valence-electron chi connectivity index (χ4n) is 2.05. The average molecular weight is 332 g/mol. The van der Waals surface area contributed by atoms with E-state index in [1.54, 1.807) is 12.1 Å². The molecule has 0 saturated carbocycles. The minimum atomic E-state index is -0.400. The van der Waals surface area contributed by atoms with Crippen molar-refractivity contribution >= 4 is 21.9 Å². The number of rotatable bonds is 3. The van der Waals surface area contributed by atoms with Gasteiger partial charge in [-0.05, 0) is 33.6 Å². The van der Waals surface area contributed by atoms with Crippen LogP contribution >= 0.6 is 15.9 Å². The molecule has 1 aromatic carbocycles. The van der Waals surface area contributed by atoms with Crippen molar-refractivity contribution in [2.24, 2.45) is 0 Å². The second kappa shape index (κ2) is 6.45. The van der Waals surface area contributed by atoms with Gasteiger partial charge in [0.25, 0.3) is 0 Å². The molecule has 1 saturated heterocycles. The molecule has 1 atom stereocenters. The van der Waals surface area contributed by atoms with E-state index in [0.717, 1.165) is 5.56 Å². The highest BCUT2D eigenvalue weighted by Gasteiger charge is 2.30. The fourth-order valence-corrected chi connectivity index (χ4v) is 2.48. The van der Waals surface area contributed by atoms with Crippen molar-refractivity contribution in [1.29, 1.82) is 0 Å². The number of nitrogens with zero attached hydrogens (tertiary/aromatic N) is 1. The molecular formula is C13H15BrFNO3. The topological polar surface area (TPSA) is 38.8 Å². The number of carbonyl (C=O) groups excluding carboxylic acids is 1. The summed E-state index contributed by atoms with van der Waals surface area (Å²) in [5.74, 6) is -0.601. The SMILES string of the molecule is COC(=O)C1COCCN1Cc1ccc(F)c(Br)c1. The van der Waals surface area contributed by atoms with Crippen molar-refractivity contribution in [2.75, 3.05) is 26.9 Å². The summed E-state index contributed by atoms with van der Waals surface area (Å²) in [7, 11) is 1.36. The molecule has 1 heterocycles. The summed E-state index contributed by atoms with van der Waals surface area (Å²) >= 11 is 3.16. The summed E-state index contributed by atoms with van der Waals surface area (Å²) < 4.78 is 23.7. The Morgan fingerprint density at radius 3 is 3.11 bits per heavy atom. The van der Waals surface area contributed by atoms with Crippen LogP contribution in [0.15, 0.2) is 22.7 Å². The molecule has 0 spiro atoms. The highest BCUT2D eigenvalue weighted by atomic mass is 79.9. The maximum absolute atomic E-state index is 13.2. The lowest BCUT2D eigenvalue weighted by Crippen LogP contribution is -2.49. The van der Waals surface area contributed by atoms with E-state index in [9.17, 15) is 9.18 Å². The quantitative estimate of drug-likeness (QED) is 0.794. The standard InChI is InChI=1S/C13H15BrFNO3/c1-18-13(17)12-8-19-5-4-16(12)7-9-2-3-11(15)10(14)6-9/h2-3,6,12H,4-5,7-8H2,1H3. The molecule has 0 radical (unpaired) electrons. The van der Waals surface area contributed by atoms with Gasteiger partial charge in [-0.15, -0.1) is 0 Å². The highest BCUT2D eigenvalue weighted by Crippen LogP contribution is 2.19. The highest BCUT2D eigenvalue weighted by molar-refractivity contribution is 9.10. The molecule has 0 bridgehead atoms. The summed E-state index contributed by atoms with van der Waals surface area (Å²) in [6.45, 7) is 2.11. The van der Waals surface area contributed by atoms with Gasteiger partial charge in [-0.1, -0.05) is 6.07 Å². The lowest BCUT2D eigenvalue weighted by atomic mass is 10.1. The number of morpholine rings is 1. The normalized spacial score (nSPS) is 20.3. The predicted octanol–water partition coefficient (Wildman–Crippen LogP) is 1.96. The smallest absolute Gasteiger partial charge is 0.325 e. The van der Waals surface area contributed by atoms with E-state index < -0.39 is 6.04 Å². The van der Waals surface area contributed by atoms with Gasteiger partial charge in [0.2, 0.25) is 0 Å². The molecule has 104 valence electrons. The van der Waals surface area contributed by atoms with Gasteiger partial charge in [-0.3, -0.25) is 9.69 Å². The number of carbonyl (C=O) groups is 1. The molecule has 2 rings (SSSR count). The van der Waals surface area contributed by atoms with Gasteiger partial charge in [0.05, 0.1) is 24.8 Å². The Labute approximate surface area is 119 Å². The largest absolute Gasteiger partial charge is 0.468 e. The molecule has 1 unspecified atom stereocenters. The number of esters is 1. The van der Waals surface area contributed by atoms with Gasteiger partial charge in [-0.2, -0.15) is 0 Å². The molecule has 1 fully saturated rings. The molecule has 1 aliphatic heterocycles. The Hall–Kier alpha value is -0.980. The number of halogens is 2. The number of benzene rings is 1. The Bertz CT molecular complexity index is 469. The third-order valence-corrected chi connectivity index (χ3v) is 3.69. The molecule has 4 nitrogen and oxygen atoms in total. The van der Waals surface area contributed by atoms with E-state index in [-0.39, 0.29) is 11.8 Å². The van der Waals surface area contributed by atoms with E-state index >= 15 is 0 Å². The predicted molar refractivity (Wildman–Crippen MR) is 71.1 cm³/mol. The van der Waals surface area contributed by atoms with Gasteiger partial charge in [0.1, 0.15) is 11.9 Å². The number of hydrogen-bond acceptors (Lipinski definition) is 4. The lowest BCUT2D eigenvalue weighted by Gasteiger charge is -2.33. The van der Waals surface area contributed by atoms with Crippen molar-refractivity contribution < 1.29 is 18.7 Å². The zero-order valence-electron chi connectivity index (χ0n) is 10.6. The first-order valence-corrected chi connectivity index (χ1v) is 6.74. The van der Waals surface area contributed by atoms with Crippen molar-refractivity contribution in [3.05, 3.63) is 34.1 Å². The number of ether oxygens (including phenoxy) is 2. The third-order valence-electron chi connectivity index (χ3n) is 3.08. The first-order chi connectivity index (χ1) is 9.11. The zero-order valence-corrected chi connectivity index (χ0v) is 12.2. The van der Waals surface area contributed by atoms with Crippen LogP contribution in [0.4, 0.5) is 4.39 Å². The Morgan fingerprint density at radius 1 is 1.63 bits per heavy atom. The molecule has 0 aromatic heterocycles. The average Bonchev–Trinajstić information content (AvgIpc) is 2.43. The maximum atomic E-state index is 13.2. The fraction of sp³-hybridized carbons (Fsp3) is 0.462. The zero-order chi connectivity index (χ0) is 13.8. The van der Waals surface area contributed by atoms with Crippen LogP contribution in [0.2, 0.25) is 0 Å². The minimum absolute atomic E-state index is 0.296.